The van der Waals surface area contributed by atoms with Gasteiger partial charge in [-0.3, -0.25) is 0 Å². The number of nitrogens with zero attached hydrogens (tertiary/aromatic N) is 2. The quantitative estimate of drug-likeness (QED) is 0.183. The molecule has 6 aromatic carbocycles. The second-order valence-electron chi connectivity index (χ2n) is 13.5. The third-order valence-electron chi connectivity index (χ3n) is 9.92. The molecule has 0 spiro atoms. The Morgan fingerprint density at radius 1 is 0.532 bits per heavy atom. The first-order chi connectivity index (χ1) is 22.7. The number of aliphatic hydroxyl groups is 1. The fourth-order valence-corrected chi connectivity index (χ4v) is 6.73. The molecule has 0 bridgehead atoms. The third-order valence-corrected chi connectivity index (χ3v) is 9.92. The van der Waals surface area contributed by atoms with Crippen LogP contribution in [-0.2, 0) is 4.65 Å². The van der Waals surface area contributed by atoms with Gasteiger partial charge in [0.15, 0.2) is 0 Å². The largest absolute Gasteiger partial charge is 0.427 e. The summed E-state index contributed by atoms with van der Waals surface area (Å²) in [5.41, 5.74) is 8.40. The highest BCUT2D eigenvalue weighted by atomic mass is 16.5. The minimum atomic E-state index is -1.01. The van der Waals surface area contributed by atoms with Crippen LogP contribution in [0.3, 0.4) is 0 Å². The number of hydrogen-bond acceptors (Lipinski definition) is 2. The molecule has 0 fully saturated rings. The van der Waals surface area contributed by atoms with Gasteiger partial charge in [-0.25, -0.2) is 0 Å². The molecule has 8 aromatic rings. The summed E-state index contributed by atoms with van der Waals surface area (Å²) in [5.74, 6) is 0. The lowest BCUT2D eigenvalue weighted by atomic mass is 9.82. The van der Waals surface area contributed by atoms with Crippen molar-refractivity contribution in [2.24, 2.45) is 0 Å². The van der Waals surface area contributed by atoms with Gasteiger partial charge in [-0.05, 0) is 86.7 Å². The Balaban J connectivity index is 1.48. The summed E-state index contributed by atoms with van der Waals surface area (Å²) in [6.07, 6.45) is 0. The van der Waals surface area contributed by atoms with Gasteiger partial charge in [0, 0.05) is 27.2 Å². The average Bonchev–Trinajstić information content (AvgIpc) is 3.60. The van der Waals surface area contributed by atoms with E-state index in [1.807, 2.05) is 13.8 Å². The number of hydrogen-bond donors (Lipinski definition) is 1. The Hall–Kier alpha value is -5.10. The number of fused-ring (bicyclic) bond motifs is 6. The smallest absolute Gasteiger partial charge is 0.309 e. The summed E-state index contributed by atoms with van der Waals surface area (Å²) in [6.45, 7) is 7.51. The van der Waals surface area contributed by atoms with Crippen LogP contribution < -0.4 is 5.46 Å². The summed E-state index contributed by atoms with van der Waals surface area (Å²) < 4.78 is 11.3. The van der Waals surface area contributed by atoms with Crippen molar-refractivity contribution >= 4 is 56.6 Å². The van der Waals surface area contributed by atoms with E-state index in [0.717, 1.165) is 38.9 Å². The standard InChI is InChI=1S/C42H37BN2O2/c1-41(2,46)42(3,4)47-43-30-26-38-40(34-20-12-14-22-36(34)44(38)31-17-9-6-10-18-31)39(27-30)45-35-21-13-11-19-32(35)33-24-23-29(25-37(33)45)28-15-7-5-8-16-28/h5-27,43,46H,1-4H3. The van der Waals surface area contributed by atoms with E-state index in [-0.39, 0.29) is 0 Å². The summed E-state index contributed by atoms with van der Waals surface area (Å²) in [5, 5.41) is 15.7. The SMILES string of the molecule is CC(C)(O)C(C)(C)OBc1cc(-n2c3ccccc3c3ccc(-c4ccccc4)cc32)c2c3ccccc3n(-c3ccccc3)c2c1. The molecule has 0 aliphatic heterocycles. The van der Waals surface area contributed by atoms with Crippen molar-refractivity contribution in [3.05, 3.63) is 140 Å². The van der Waals surface area contributed by atoms with Gasteiger partial charge in [-0.1, -0.05) is 97.1 Å². The number of para-hydroxylation sites is 3. The van der Waals surface area contributed by atoms with Crippen LogP contribution in [0.2, 0.25) is 0 Å². The summed E-state index contributed by atoms with van der Waals surface area (Å²) in [7, 11) is 0.350. The lowest BCUT2D eigenvalue weighted by molar-refractivity contribution is -0.0893. The fourth-order valence-electron chi connectivity index (χ4n) is 6.73. The minimum Gasteiger partial charge on any atom is -0.427 e. The first-order valence-corrected chi connectivity index (χ1v) is 16.3. The zero-order valence-electron chi connectivity index (χ0n) is 27.2. The molecule has 0 saturated carbocycles. The third kappa shape index (κ3) is 4.86. The number of rotatable bonds is 7. The van der Waals surface area contributed by atoms with Crippen molar-refractivity contribution in [3.8, 4) is 22.5 Å². The molecule has 2 heterocycles. The molecular formula is C42H37BN2O2. The molecule has 1 N–H and O–H groups in total. The van der Waals surface area contributed by atoms with E-state index in [2.05, 4.69) is 149 Å². The molecule has 0 radical (unpaired) electrons. The Morgan fingerprint density at radius 2 is 1.13 bits per heavy atom. The molecule has 230 valence electrons. The average molecular weight is 613 g/mol. The van der Waals surface area contributed by atoms with Crippen molar-refractivity contribution in [3.63, 3.8) is 0 Å². The van der Waals surface area contributed by atoms with Crippen molar-refractivity contribution < 1.29 is 9.76 Å². The monoisotopic (exact) mass is 612 g/mol. The molecule has 0 aliphatic rings. The van der Waals surface area contributed by atoms with Gasteiger partial charge in [-0.15, -0.1) is 0 Å². The van der Waals surface area contributed by atoms with Gasteiger partial charge in [0.2, 0.25) is 0 Å². The lowest BCUT2D eigenvalue weighted by Crippen LogP contribution is -2.49. The maximum absolute atomic E-state index is 10.9. The summed E-state index contributed by atoms with van der Waals surface area (Å²) in [6, 6.07) is 49.9. The van der Waals surface area contributed by atoms with Crippen LogP contribution in [0.1, 0.15) is 27.7 Å². The van der Waals surface area contributed by atoms with E-state index in [0.29, 0.717) is 7.48 Å². The molecule has 2 aromatic heterocycles. The maximum Gasteiger partial charge on any atom is 0.309 e. The highest BCUT2D eigenvalue weighted by Gasteiger charge is 2.36. The van der Waals surface area contributed by atoms with Crippen molar-refractivity contribution in [2.75, 3.05) is 0 Å². The molecular weight excluding hydrogens is 575 g/mol. The maximum atomic E-state index is 10.9. The molecule has 0 atom stereocenters. The fraction of sp³-hybridized carbons (Fsp3) is 0.143. The Morgan fingerprint density at radius 3 is 1.83 bits per heavy atom. The predicted octanol–water partition coefficient (Wildman–Crippen LogP) is 9.09. The molecule has 8 rings (SSSR count). The molecule has 4 nitrogen and oxygen atoms in total. The van der Waals surface area contributed by atoms with Crippen molar-refractivity contribution in [2.45, 2.75) is 38.9 Å². The van der Waals surface area contributed by atoms with Crippen LogP contribution in [-0.4, -0.2) is 32.9 Å². The van der Waals surface area contributed by atoms with E-state index in [1.54, 1.807) is 13.8 Å². The lowest BCUT2D eigenvalue weighted by Gasteiger charge is -2.37. The highest BCUT2D eigenvalue weighted by Crippen LogP contribution is 2.40. The van der Waals surface area contributed by atoms with Gasteiger partial charge in [0.1, 0.15) is 0 Å². The molecule has 0 aliphatic carbocycles. The molecule has 0 saturated heterocycles. The van der Waals surface area contributed by atoms with Gasteiger partial charge in [0.05, 0.1) is 39.0 Å². The Bertz CT molecular complexity index is 2420. The normalized spacial score (nSPS) is 12.4. The van der Waals surface area contributed by atoms with Gasteiger partial charge >= 0.3 is 7.48 Å². The first kappa shape index (κ1) is 29.3. The van der Waals surface area contributed by atoms with E-state index in [4.69, 9.17) is 4.65 Å². The van der Waals surface area contributed by atoms with Crippen LogP contribution in [0.25, 0.3) is 66.1 Å². The van der Waals surface area contributed by atoms with Crippen molar-refractivity contribution in [1.82, 2.24) is 9.13 Å². The zero-order chi connectivity index (χ0) is 32.3. The molecule has 47 heavy (non-hydrogen) atoms. The van der Waals surface area contributed by atoms with E-state index in [9.17, 15) is 5.11 Å². The summed E-state index contributed by atoms with van der Waals surface area (Å²) in [4.78, 5) is 0. The predicted molar refractivity (Wildman–Crippen MR) is 199 cm³/mol. The number of benzene rings is 6. The van der Waals surface area contributed by atoms with Crippen LogP contribution in [0.5, 0.6) is 0 Å². The van der Waals surface area contributed by atoms with Crippen LogP contribution in [0, 0.1) is 0 Å². The zero-order valence-corrected chi connectivity index (χ0v) is 27.2. The summed E-state index contributed by atoms with van der Waals surface area (Å²) >= 11 is 0. The molecule has 0 amide bonds. The van der Waals surface area contributed by atoms with Gasteiger partial charge in [0.25, 0.3) is 0 Å². The van der Waals surface area contributed by atoms with Crippen molar-refractivity contribution in [1.29, 1.82) is 0 Å². The van der Waals surface area contributed by atoms with E-state index < -0.39 is 11.2 Å². The second-order valence-corrected chi connectivity index (χ2v) is 13.5. The first-order valence-electron chi connectivity index (χ1n) is 16.3. The van der Waals surface area contributed by atoms with Crippen LogP contribution in [0.15, 0.2) is 140 Å². The van der Waals surface area contributed by atoms with E-state index in [1.165, 1.54) is 32.7 Å². The van der Waals surface area contributed by atoms with E-state index >= 15 is 0 Å². The highest BCUT2D eigenvalue weighted by molar-refractivity contribution is 6.48. The second kappa shape index (κ2) is 11.0. The van der Waals surface area contributed by atoms with Gasteiger partial charge in [-0.2, -0.15) is 0 Å². The topological polar surface area (TPSA) is 39.3 Å². The minimum absolute atomic E-state index is 0.350. The Labute approximate surface area is 275 Å². The van der Waals surface area contributed by atoms with Gasteiger partial charge < -0.3 is 18.9 Å². The van der Waals surface area contributed by atoms with Crippen LogP contribution >= 0.6 is 0 Å². The molecule has 0 unspecified atom stereocenters. The van der Waals surface area contributed by atoms with Crippen LogP contribution in [0.4, 0.5) is 0 Å². The number of aromatic nitrogens is 2. The Kier molecular flexibility index (Phi) is 6.87. The molecule has 5 heteroatoms.